The number of benzene rings is 1. The Labute approximate surface area is 164 Å². The lowest BCUT2D eigenvalue weighted by molar-refractivity contribution is -0.188. The number of terminal acetylenes is 1. The number of imidazole rings is 1. The summed E-state index contributed by atoms with van der Waals surface area (Å²) in [6.45, 7) is 3.31. The van der Waals surface area contributed by atoms with Gasteiger partial charge in [-0.3, -0.25) is 0 Å². The summed E-state index contributed by atoms with van der Waals surface area (Å²) in [7, 11) is 0. The molecule has 0 saturated carbocycles. The minimum Gasteiger partial charge on any atom is -0.356 e. The van der Waals surface area contributed by atoms with Gasteiger partial charge in [0, 0.05) is 36.2 Å². The maximum atomic E-state index is 6.04. The van der Waals surface area contributed by atoms with Crippen molar-refractivity contribution in [3.63, 3.8) is 0 Å². The largest absolute Gasteiger partial charge is 0.356 e. The molecule has 6 nitrogen and oxygen atoms in total. The van der Waals surface area contributed by atoms with Crippen LogP contribution in [-0.4, -0.2) is 27.6 Å². The molecule has 28 heavy (non-hydrogen) atoms. The Bertz CT molecular complexity index is 946. The van der Waals surface area contributed by atoms with Gasteiger partial charge in [-0.25, -0.2) is 4.98 Å². The lowest BCUT2D eigenvalue weighted by atomic mass is 10.1. The van der Waals surface area contributed by atoms with E-state index in [0.717, 1.165) is 48.5 Å². The molecule has 2 aromatic heterocycles. The third kappa shape index (κ3) is 4.16. The van der Waals surface area contributed by atoms with Gasteiger partial charge in [0.15, 0.2) is 12.1 Å². The summed E-state index contributed by atoms with van der Waals surface area (Å²) in [5.41, 5.74) is 2.59. The van der Waals surface area contributed by atoms with Crippen LogP contribution in [0.3, 0.4) is 0 Å². The Balaban J connectivity index is 1.44. The summed E-state index contributed by atoms with van der Waals surface area (Å²) < 4.78 is 19.3. The van der Waals surface area contributed by atoms with Crippen molar-refractivity contribution in [2.75, 3.05) is 6.61 Å². The second-order valence-corrected chi connectivity index (χ2v) is 6.89. The van der Waals surface area contributed by atoms with Crippen LogP contribution < -0.4 is 0 Å². The third-order valence-electron chi connectivity index (χ3n) is 4.83. The molecular formula is C22H23N3O3. The first-order valence-electron chi connectivity index (χ1n) is 9.53. The molecule has 1 aromatic carbocycles. The zero-order chi connectivity index (χ0) is 19.3. The van der Waals surface area contributed by atoms with E-state index in [-0.39, 0.29) is 12.4 Å². The molecule has 1 aliphatic heterocycles. The standard InChI is InChI=1S/C22H23N3O3/c1-3-17-7-9-18(10-8-17)20-14-19(24-28-20)15-25-12-11-23-22(25)16(2)27-21-6-4-5-13-26-21/h1,7-12,14,16,21H,4-6,13,15H2,2H3. The lowest BCUT2D eigenvalue weighted by Gasteiger charge is -2.26. The molecule has 1 saturated heterocycles. The fourth-order valence-electron chi connectivity index (χ4n) is 3.35. The first kappa shape index (κ1) is 18.5. The van der Waals surface area contributed by atoms with Crippen molar-refractivity contribution in [2.45, 2.75) is 45.1 Å². The second-order valence-electron chi connectivity index (χ2n) is 6.89. The third-order valence-corrected chi connectivity index (χ3v) is 4.83. The molecule has 3 aromatic rings. The van der Waals surface area contributed by atoms with E-state index < -0.39 is 0 Å². The minimum absolute atomic E-state index is 0.154. The molecule has 144 valence electrons. The zero-order valence-corrected chi connectivity index (χ0v) is 15.9. The minimum atomic E-state index is -0.166. The Morgan fingerprint density at radius 3 is 2.93 bits per heavy atom. The summed E-state index contributed by atoms with van der Waals surface area (Å²) in [5, 5.41) is 4.20. The monoisotopic (exact) mass is 377 g/mol. The fourth-order valence-corrected chi connectivity index (χ4v) is 3.35. The summed E-state index contributed by atoms with van der Waals surface area (Å²) in [6.07, 6.45) is 11.9. The number of ether oxygens (including phenoxy) is 2. The Hall–Kier alpha value is -2.88. The fraction of sp³-hybridized carbons (Fsp3) is 0.364. The first-order valence-corrected chi connectivity index (χ1v) is 9.53. The molecule has 4 rings (SSSR count). The lowest BCUT2D eigenvalue weighted by Crippen LogP contribution is -2.24. The molecule has 0 N–H and O–H groups in total. The molecular weight excluding hydrogens is 354 g/mol. The molecule has 2 atom stereocenters. The Morgan fingerprint density at radius 2 is 2.18 bits per heavy atom. The van der Waals surface area contributed by atoms with Gasteiger partial charge >= 0.3 is 0 Å². The van der Waals surface area contributed by atoms with E-state index >= 15 is 0 Å². The van der Waals surface area contributed by atoms with Crippen molar-refractivity contribution in [1.29, 1.82) is 0 Å². The summed E-state index contributed by atoms with van der Waals surface area (Å²) in [6, 6.07) is 9.57. The van der Waals surface area contributed by atoms with E-state index in [1.165, 1.54) is 0 Å². The van der Waals surface area contributed by atoms with Crippen molar-refractivity contribution in [3.05, 3.63) is 59.8 Å². The van der Waals surface area contributed by atoms with Crippen LogP contribution in [0.2, 0.25) is 0 Å². The number of nitrogens with zero attached hydrogens (tertiary/aromatic N) is 3. The zero-order valence-electron chi connectivity index (χ0n) is 15.9. The molecule has 3 heterocycles. The van der Waals surface area contributed by atoms with Gasteiger partial charge in [0.25, 0.3) is 0 Å². The van der Waals surface area contributed by atoms with Gasteiger partial charge in [-0.2, -0.15) is 0 Å². The van der Waals surface area contributed by atoms with E-state index in [1.807, 2.05) is 48.0 Å². The predicted molar refractivity (Wildman–Crippen MR) is 104 cm³/mol. The van der Waals surface area contributed by atoms with E-state index in [4.69, 9.17) is 20.4 Å². The van der Waals surface area contributed by atoms with Gasteiger partial charge < -0.3 is 18.6 Å². The molecule has 1 fully saturated rings. The van der Waals surface area contributed by atoms with E-state index in [2.05, 4.69) is 16.1 Å². The maximum Gasteiger partial charge on any atom is 0.167 e. The Morgan fingerprint density at radius 1 is 1.32 bits per heavy atom. The van der Waals surface area contributed by atoms with Crippen molar-refractivity contribution >= 4 is 0 Å². The average Bonchev–Trinajstić information content (AvgIpc) is 3.39. The SMILES string of the molecule is C#Cc1ccc(-c2cc(Cn3ccnc3C(C)OC3CCCCO3)no2)cc1. The van der Waals surface area contributed by atoms with Gasteiger partial charge in [-0.15, -0.1) is 6.42 Å². The van der Waals surface area contributed by atoms with Crippen molar-refractivity contribution in [2.24, 2.45) is 0 Å². The smallest absolute Gasteiger partial charge is 0.167 e. The van der Waals surface area contributed by atoms with E-state index in [0.29, 0.717) is 12.3 Å². The van der Waals surface area contributed by atoms with Crippen molar-refractivity contribution in [3.8, 4) is 23.7 Å². The molecule has 6 heteroatoms. The highest BCUT2D eigenvalue weighted by Crippen LogP contribution is 2.24. The highest BCUT2D eigenvalue weighted by atomic mass is 16.7. The summed E-state index contributed by atoms with van der Waals surface area (Å²) >= 11 is 0. The normalized spacial score (nSPS) is 17.9. The van der Waals surface area contributed by atoms with Gasteiger partial charge in [0.2, 0.25) is 0 Å². The molecule has 1 aliphatic rings. The quantitative estimate of drug-likeness (QED) is 0.603. The van der Waals surface area contributed by atoms with Crippen LogP contribution in [0.4, 0.5) is 0 Å². The molecule has 0 amide bonds. The van der Waals surface area contributed by atoms with Crippen LogP contribution in [0.5, 0.6) is 0 Å². The van der Waals surface area contributed by atoms with Crippen LogP contribution in [0.25, 0.3) is 11.3 Å². The molecule has 0 spiro atoms. The number of hydrogen-bond donors (Lipinski definition) is 0. The molecule has 2 unspecified atom stereocenters. The highest BCUT2D eigenvalue weighted by molar-refractivity contribution is 5.58. The van der Waals surface area contributed by atoms with Crippen LogP contribution in [-0.2, 0) is 16.0 Å². The summed E-state index contributed by atoms with van der Waals surface area (Å²) in [5.74, 6) is 4.16. The van der Waals surface area contributed by atoms with Crippen LogP contribution >= 0.6 is 0 Å². The Kier molecular flexibility index (Phi) is 5.56. The second kappa shape index (κ2) is 8.42. The molecule has 0 radical (unpaired) electrons. The maximum absolute atomic E-state index is 6.04. The predicted octanol–water partition coefficient (Wildman–Crippen LogP) is 4.17. The average molecular weight is 377 g/mol. The van der Waals surface area contributed by atoms with Gasteiger partial charge in [0.1, 0.15) is 17.6 Å². The van der Waals surface area contributed by atoms with Crippen LogP contribution in [0, 0.1) is 12.3 Å². The van der Waals surface area contributed by atoms with Gasteiger partial charge in [-0.1, -0.05) is 11.1 Å². The van der Waals surface area contributed by atoms with Gasteiger partial charge in [0.05, 0.1) is 6.54 Å². The van der Waals surface area contributed by atoms with Crippen LogP contribution in [0.1, 0.15) is 49.4 Å². The van der Waals surface area contributed by atoms with Gasteiger partial charge in [-0.05, 0) is 50.5 Å². The molecule has 0 aliphatic carbocycles. The number of rotatable bonds is 6. The topological polar surface area (TPSA) is 62.3 Å². The highest BCUT2D eigenvalue weighted by Gasteiger charge is 2.21. The number of hydrogen-bond acceptors (Lipinski definition) is 5. The first-order chi connectivity index (χ1) is 13.7. The van der Waals surface area contributed by atoms with Crippen LogP contribution in [0.15, 0.2) is 47.2 Å². The van der Waals surface area contributed by atoms with E-state index in [1.54, 1.807) is 6.20 Å². The van der Waals surface area contributed by atoms with E-state index in [9.17, 15) is 0 Å². The van der Waals surface area contributed by atoms with Crippen molar-refractivity contribution < 1.29 is 14.0 Å². The van der Waals surface area contributed by atoms with Crippen molar-refractivity contribution in [1.82, 2.24) is 14.7 Å². The number of aromatic nitrogens is 3. The summed E-state index contributed by atoms with van der Waals surface area (Å²) in [4.78, 5) is 4.47. The molecule has 0 bridgehead atoms.